The number of piperidine rings is 3. The predicted octanol–water partition coefficient (Wildman–Crippen LogP) is 20.2. The molecule has 2 N–H and O–H groups in total. The summed E-state index contributed by atoms with van der Waals surface area (Å²) in [5, 5.41) is 1.43. The van der Waals surface area contributed by atoms with Crippen molar-refractivity contribution >= 4 is 59.1 Å². The second-order valence-corrected chi connectivity index (χ2v) is 39.3. The minimum atomic E-state index is -4.39. The highest BCUT2D eigenvalue weighted by atomic mass is 35.5. The molecule has 0 radical (unpaired) electrons. The summed E-state index contributed by atoms with van der Waals surface area (Å²) in [5.74, 6) is 1.50. The molecule has 6 fully saturated rings. The van der Waals surface area contributed by atoms with Crippen molar-refractivity contribution in [2.24, 2.45) is 40.2 Å². The molecule has 6 heterocycles. The highest BCUT2D eigenvalue weighted by molar-refractivity contribution is 6.30. The van der Waals surface area contributed by atoms with Crippen LogP contribution in [0, 0.1) is 34.5 Å². The van der Waals surface area contributed by atoms with E-state index in [0.717, 1.165) is 98.1 Å². The fraction of sp³-hybridized carbons (Fsp3) is 0.562. The predicted molar refractivity (Wildman–Crippen MR) is 468 cm³/mol. The van der Waals surface area contributed by atoms with Gasteiger partial charge in [0.05, 0.1) is 29.3 Å². The van der Waals surface area contributed by atoms with Crippen molar-refractivity contribution in [3.8, 4) is 0 Å². The van der Waals surface area contributed by atoms with E-state index in [-0.39, 0.29) is 94.9 Å². The Morgan fingerprint density at radius 3 is 0.918 bits per heavy atom. The Kier molecular flexibility index (Phi) is 32.3. The van der Waals surface area contributed by atoms with E-state index < -0.39 is 34.7 Å². The normalized spacial score (nSPS) is 20.0. The number of halogens is 8. The largest absolute Gasteiger partial charge is 0.444 e. The molecule has 6 aliphatic rings. The summed E-state index contributed by atoms with van der Waals surface area (Å²) >= 11 is 12.4. The number of nitrogens with zero attached hydrogens (tertiary/aromatic N) is 9. The van der Waals surface area contributed by atoms with Crippen molar-refractivity contribution < 1.29 is 64.6 Å². The zero-order chi connectivity index (χ0) is 89.0. The van der Waals surface area contributed by atoms with Gasteiger partial charge in [-0.05, 0) is 196 Å². The summed E-state index contributed by atoms with van der Waals surface area (Å²) in [4.78, 5) is 95.7. The molecule has 6 aliphatic heterocycles. The lowest BCUT2D eigenvalue weighted by Gasteiger charge is -2.50. The quantitative estimate of drug-likeness (QED) is 0.0913. The first-order chi connectivity index (χ1) is 57.3. The number of ether oxygens (including phenoxy) is 2. The van der Waals surface area contributed by atoms with Gasteiger partial charge in [-0.25, -0.2) is 14.4 Å². The number of alkyl halides is 6. The monoisotopic (exact) mass is 1730 g/mol. The Hall–Kier alpha value is -8.42. The number of carbonyl (C=O) groups excluding carboxylic acids is 6. The number of benzene rings is 6. The van der Waals surface area contributed by atoms with Gasteiger partial charge in [0.2, 0.25) is 17.7 Å². The molecule has 7 amide bonds. The number of likely N-dealkylation sites (tertiary alicyclic amines) is 3. The van der Waals surface area contributed by atoms with Crippen LogP contribution in [-0.4, -0.2) is 208 Å². The molecule has 0 spiro atoms. The Morgan fingerprint density at radius 2 is 0.639 bits per heavy atom. The number of hydrogen-bond acceptors (Lipinski definition) is 11. The van der Waals surface area contributed by atoms with Crippen molar-refractivity contribution in [3.63, 3.8) is 0 Å². The van der Waals surface area contributed by atoms with Crippen LogP contribution in [0.15, 0.2) is 158 Å². The second kappa shape index (κ2) is 41.1. The van der Waals surface area contributed by atoms with Crippen LogP contribution in [0.4, 0.5) is 40.7 Å². The van der Waals surface area contributed by atoms with Gasteiger partial charge in [-0.2, -0.15) is 26.3 Å². The molecular weight excluding hydrogens is 1610 g/mol. The lowest BCUT2D eigenvalue weighted by Crippen LogP contribution is -2.60. The third kappa shape index (κ3) is 26.6. The molecule has 122 heavy (non-hydrogen) atoms. The summed E-state index contributed by atoms with van der Waals surface area (Å²) in [6, 6.07) is 45.9. The Bertz CT molecular complexity index is 4140. The van der Waals surface area contributed by atoms with E-state index in [1.165, 1.54) is 11.1 Å². The smallest absolute Gasteiger partial charge is 0.416 e. The van der Waals surface area contributed by atoms with Gasteiger partial charge in [0.15, 0.2) is 0 Å². The molecule has 18 nitrogen and oxygen atoms in total. The number of urea groups is 1. The number of piperazine rings is 3. The number of amides is 7. The molecule has 0 aliphatic carbocycles. The molecule has 666 valence electrons. The molecule has 26 heteroatoms. The Labute approximate surface area is 729 Å². The van der Waals surface area contributed by atoms with Gasteiger partial charge in [0.25, 0.3) is 0 Å². The molecule has 5 atom stereocenters. The Morgan fingerprint density at radius 1 is 0.369 bits per heavy atom. The van der Waals surface area contributed by atoms with Crippen LogP contribution in [0.25, 0.3) is 0 Å². The van der Waals surface area contributed by atoms with E-state index in [1.54, 1.807) is 39.0 Å². The zero-order valence-electron chi connectivity index (χ0n) is 73.6. The van der Waals surface area contributed by atoms with Gasteiger partial charge in [0, 0.05) is 146 Å². The van der Waals surface area contributed by atoms with E-state index in [1.807, 2.05) is 136 Å². The SMILES string of the molecule is CC(C)(C)OC(=O)N1CCC(CC(=O)N2CCN(C(c3ccccc3)c3ccc(C(F)(F)F)cc3)C[C@@H]2C(C)(C)C)CC1.CC(C)(C)OC(=O)N1CCC(CC(=O)N2CCN(C(c3ccccc3)c3ccc(C(F)(F)F)cc3)C[C@@H]2C(C)(C)C)CC1.CC(C)[C@@H]1CN(C(c2ccc(Cl)cc2)c2ccc(Cl)cc2)CCN1C(=O)CC1CCN(C(N)=O)CC1. The second-order valence-electron chi connectivity index (χ2n) is 38.4. The molecule has 6 saturated heterocycles. The number of rotatable bonds is 16. The zero-order valence-corrected chi connectivity index (χ0v) is 75.2. The molecule has 0 saturated carbocycles. The molecule has 2 unspecified atom stereocenters. The molecule has 12 rings (SSSR count). The van der Waals surface area contributed by atoms with E-state index in [9.17, 15) is 55.1 Å². The first-order valence-electron chi connectivity index (χ1n) is 43.3. The first kappa shape index (κ1) is 95.8. The maximum Gasteiger partial charge on any atom is 0.416 e. The fourth-order valence-corrected chi connectivity index (χ4v) is 18.2. The minimum Gasteiger partial charge on any atom is -0.444 e. The lowest BCUT2D eigenvalue weighted by atomic mass is 9.82. The van der Waals surface area contributed by atoms with Gasteiger partial charge in [-0.15, -0.1) is 0 Å². The van der Waals surface area contributed by atoms with Crippen LogP contribution in [0.1, 0.15) is 217 Å². The number of nitrogens with two attached hydrogens (primary N) is 1. The summed E-state index contributed by atoms with van der Waals surface area (Å²) < 4.78 is 90.9. The minimum absolute atomic E-state index is 0.0520. The molecule has 6 aromatic rings. The highest BCUT2D eigenvalue weighted by Gasteiger charge is 2.45. The molecule has 0 bridgehead atoms. The Balaban J connectivity index is 0.000000193. The van der Waals surface area contributed by atoms with Gasteiger partial charge in [-0.3, -0.25) is 29.1 Å². The van der Waals surface area contributed by atoms with E-state index >= 15 is 0 Å². The summed E-state index contributed by atoms with van der Waals surface area (Å²) in [6.07, 6.45) is -3.28. The third-order valence-corrected chi connectivity index (χ3v) is 25.2. The van der Waals surface area contributed by atoms with Crippen LogP contribution in [0.2, 0.25) is 10.0 Å². The standard InChI is InChI=1S/2C34H46F3N3O3.C28H36Cl2N4O2/c2*1-32(2,3)28-23-39(30(25-10-8-7-9-11-25)26-12-14-27(15-13-26)34(35,36)37)20-21-40(28)29(41)22-24-16-18-38(19-17-24)31(42)43-33(4,5)6;1-19(2)25-18-33(15-16-34(25)26(35)17-20-11-13-32(14-12-20)28(31)36)27(21-3-7-23(29)8-4-21)22-5-9-24(30)10-6-22/h2*7-15,24,28,30H,16-23H2,1-6H3;3-10,19-20,25,27H,11-18H2,1-2H3,(H2,31,36)/t2*28-,30?;25-/m110/s1. The van der Waals surface area contributed by atoms with Crippen molar-refractivity contribution in [3.05, 3.63) is 212 Å². The number of carbonyl (C=O) groups is 6. The summed E-state index contributed by atoms with van der Waals surface area (Å²) in [5.41, 5.74) is 8.52. The maximum absolute atomic E-state index is 13.8. The van der Waals surface area contributed by atoms with Gasteiger partial charge in [-0.1, -0.05) is 188 Å². The van der Waals surface area contributed by atoms with E-state index in [4.69, 9.17) is 38.4 Å². The van der Waals surface area contributed by atoms with Crippen molar-refractivity contribution in [2.75, 3.05) is 98.2 Å². The van der Waals surface area contributed by atoms with Crippen LogP contribution in [-0.2, 0) is 36.2 Å². The van der Waals surface area contributed by atoms with Crippen LogP contribution >= 0.6 is 23.2 Å². The molecule has 6 aromatic carbocycles. The van der Waals surface area contributed by atoms with Crippen LogP contribution in [0.3, 0.4) is 0 Å². The summed E-state index contributed by atoms with van der Waals surface area (Å²) in [6.45, 7) is 37.7. The van der Waals surface area contributed by atoms with Gasteiger partial charge >= 0.3 is 30.6 Å². The number of hydrogen-bond donors (Lipinski definition) is 1. The van der Waals surface area contributed by atoms with Crippen LogP contribution < -0.4 is 5.73 Å². The average Bonchev–Trinajstić information content (AvgIpc) is 0.782. The highest BCUT2D eigenvalue weighted by Crippen LogP contribution is 2.42. The van der Waals surface area contributed by atoms with E-state index in [2.05, 4.69) is 99.3 Å². The topological polar surface area (TPSA) is 176 Å². The van der Waals surface area contributed by atoms with Crippen molar-refractivity contribution in [1.82, 2.24) is 44.1 Å². The fourth-order valence-electron chi connectivity index (χ4n) is 18.0. The van der Waals surface area contributed by atoms with Gasteiger partial charge < -0.3 is 44.6 Å². The molecule has 0 aromatic heterocycles. The lowest BCUT2D eigenvalue weighted by molar-refractivity contribution is -0.142. The third-order valence-electron chi connectivity index (χ3n) is 24.7. The summed E-state index contributed by atoms with van der Waals surface area (Å²) in [7, 11) is 0. The average molecular weight is 1740 g/mol. The van der Waals surface area contributed by atoms with Gasteiger partial charge in [0.1, 0.15) is 11.2 Å². The molecular formula is C96H128Cl2F6N10O8. The maximum atomic E-state index is 13.8. The first-order valence-corrected chi connectivity index (χ1v) is 44.1. The van der Waals surface area contributed by atoms with E-state index in [0.29, 0.717) is 126 Å². The van der Waals surface area contributed by atoms with Crippen LogP contribution in [0.5, 0.6) is 0 Å². The van der Waals surface area contributed by atoms with Crippen molar-refractivity contribution in [2.45, 2.75) is 215 Å². The number of primary amides is 1. The van der Waals surface area contributed by atoms with Crippen molar-refractivity contribution in [1.29, 1.82) is 0 Å².